The number of amides is 1. The van der Waals surface area contributed by atoms with Crippen LogP contribution in [0.3, 0.4) is 0 Å². The zero-order valence-corrected chi connectivity index (χ0v) is 13.0. The molecule has 5 nitrogen and oxygen atoms in total. The molecule has 2 fully saturated rings. The van der Waals surface area contributed by atoms with Crippen LogP contribution in [0.15, 0.2) is 0 Å². The number of carbonyl (C=O) groups is 1. The summed E-state index contributed by atoms with van der Waals surface area (Å²) in [5.74, 6) is -1.90. The second-order valence-corrected chi connectivity index (χ2v) is 6.59. The molecular weight excluding hydrogens is 292 g/mol. The summed E-state index contributed by atoms with van der Waals surface area (Å²) in [6.07, 6.45) is 0.956. The molecule has 1 heterocycles. The van der Waals surface area contributed by atoms with Gasteiger partial charge in [0.05, 0.1) is 11.8 Å². The van der Waals surface area contributed by atoms with Crippen LogP contribution >= 0.6 is 0 Å². The topological polar surface area (TPSA) is 56.1 Å². The fraction of sp³-hybridized carbons (Fsp3) is 0.733. The van der Waals surface area contributed by atoms with Crippen molar-refractivity contribution in [3.8, 4) is 0 Å². The number of hydrogen-bond donors (Lipinski definition) is 1. The number of halogens is 2. The van der Waals surface area contributed by atoms with Crippen LogP contribution in [0.1, 0.15) is 62.6 Å². The second kappa shape index (κ2) is 5.21. The Bertz CT molecular complexity index is 586. The lowest BCUT2D eigenvalue weighted by Crippen LogP contribution is -2.34. The molecule has 7 heteroatoms. The Kier molecular flexibility index (Phi) is 3.61. The Morgan fingerprint density at radius 1 is 1.36 bits per heavy atom. The van der Waals surface area contributed by atoms with Crippen LogP contribution in [-0.4, -0.2) is 27.9 Å². The first-order valence-electron chi connectivity index (χ1n) is 7.69. The summed E-state index contributed by atoms with van der Waals surface area (Å²) in [5.41, 5.74) is 1.64. The van der Waals surface area contributed by atoms with E-state index in [-0.39, 0.29) is 24.9 Å². The summed E-state index contributed by atoms with van der Waals surface area (Å²) in [5, 5.41) is 7.13. The molecule has 0 bridgehead atoms. The van der Waals surface area contributed by atoms with Gasteiger partial charge in [0.15, 0.2) is 0 Å². The van der Waals surface area contributed by atoms with E-state index in [0.29, 0.717) is 11.7 Å². The summed E-state index contributed by atoms with van der Waals surface area (Å²) in [7, 11) is 1.72. The Balaban J connectivity index is 1.84. The van der Waals surface area contributed by atoms with Crippen LogP contribution in [0.2, 0.25) is 0 Å². The number of alkyl halides is 2. The average Bonchev–Trinajstić information content (AvgIpc) is 3.12. The van der Waals surface area contributed by atoms with Crippen LogP contribution in [0, 0.1) is 0 Å². The van der Waals surface area contributed by atoms with Gasteiger partial charge < -0.3 is 4.74 Å². The quantitative estimate of drug-likeness (QED) is 0.920. The number of aryl methyl sites for hydroxylation is 1. The van der Waals surface area contributed by atoms with Crippen molar-refractivity contribution in [1.29, 1.82) is 0 Å². The molecule has 1 amide bonds. The van der Waals surface area contributed by atoms with Crippen molar-refractivity contribution in [3.05, 3.63) is 11.3 Å². The van der Waals surface area contributed by atoms with E-state index in [1.165, 1.54) is 0 Å². The lowest BCUT2D eigenvalue weighted by atomic mass is 9.77. The SMILES string of the molecule is CC(C)OC(=O)Nc1c(C2CC2)c(C2CC(F)(F)C2)nn1C. The van der Waals surface area contributed by atoms with Gasteiger partial charge in [0.25, 0.3) is 0 Å². The van der Waals surface area contributed by atoms with Gasteiger partial charge >= 0.3 is 6.09 Å². The van der Waals surface area contributed by atoms with Crippen molar-refractivity contribution < 1.29 is 18.3 Å². The monoisotopic (exact) mass is 313 g/mol. The van der Waals surface area contributed by atoms with Crippen molar-refractivity contribution in [3.63, 3.8) is 0 Å². The summed E-state index contributed by atoms with van der Waals surface area (Å²) < 4.78 is 33.0. The zero-order valence-electron chi connectivity index (χ0n) is 13.0. The van der Waals surface area contributed by atoms with Gasteiger partial charge in [-0.1, -0.05) is 0 Å². The van der Waals surface area contributed by atoms with Gasteiger partial charge in [-0.15, -0.1) is 0 Å². The maximum atomic E-state index is 13.2. The summed E-state index contributed by atoms with van der Waals surface area (Å²) in [6, 6.07) is 0. The van der Waals surface area contributed by atoms with E-state index in [4.69, 9.17) is 4.74 Å². The summed E-state index contributed by atoms with van der Waals surface area (Å²) in [4.78, 5) is 11.8. The number of anilines is 1. The molecule has 0 spiro atoms. The first-order valence-corrected chi connectivity index (χ1v) is 7.69. The van der Waals surface area contributed by atoms with Crippen molar-refractivity contribution in [1.82, 2.24) is 9.78 Å². The maximum Gasteiger partial charge on any atom is 0.413 e. The maximum absolute atomic E-state index is 13.2. The third kappa shape index (κ3) is 2.94. The van der Waals surface area contributed by atoms with Crippen LogP contribution < -0.4 is 5.32 Å². The fourth-order valence-electron chi connectivity index (χ4n) is 2.98. The molecule has 0 aliphatic heterocycles. The molecule has 2 aliphatic rings. The van der Waals surface area contributed by atoms with Crippen molar-refractivity contribution >= 4 is 11.9 Å². The highest BCUT2D eigenvalue weighted by atomic mass is 19.3. The molecule has 1 N–H and O–H groups in total. The highest BCUT2D eigenvalue weighted by molar-refractivity contribution is 5.85. The lowest BCUT2D eigenvalue weighted by Gasteiger charge is -2.34. The molecule has 1 aromatic rings. The van der Waals surface area contributed by atoms with Gasteiger partial charge in [0.2, 0.25) is 5.92 Å². The third-order valence-electron chi connectivity index (χ3n) is 4.14. The number of aromatic nitrogens is 2. The van der Waals surface area contributed by atoms with Gasteiger partial charge in [-0.05, 0) is 32.6 Å². The predicted molar refractivity (Wildman–Crippen MR) is 77.3 cm³/mol. The minimum Gasteiger partial charge on any atom is -0.447 e. The Hall–Kier alpha value is -1.66. The van der Waals surface area contributed by atoms with Crippen LogP contribution in [-0.2, 0) is 11.8 Å². The highest BCUT2D eigenvalue weighted by Gasteiger charge is 2.49. The molecule has 0 unspecified atom stereocenters. The first kappa shape index (κ1) is 15.2. The predicted octanol–water partition coefficient (Wildman–Crippen LogP) is 3.77. The van der Waals surface area contributed by atoms with E-state index in [9.17, 15) is 13.6 Å². The largest absolute Gasteiger partial charge is 0.447 e. The number of carbonyl (C=O) groups excluding carboxylic acids is 1. The average molecular weight is 313 g/mol. The van der Waals surface area contributed by atoms with Gasteiger partial charge in [-0.3, -0.25) is 10.00 Å². The molecule has 3 rings (SSSR count). The molecule has 122 valence electrons. The zero-order chi connectivity index (χ0) is 16.1. The standard InChI is InChI=1S/C15H21F2N3O2/c1-8(2)22-14(21)18-13-11(9-4-5-9)12(19-20(13)3)10-6-15(16,17)7-10/h8-10H,4-7H2,1-3H3,(H,18,21). The van der Waals surface area contributed by atoms with E-state index < -0.39 is 12.0 Å². The molecule has 0 radical (unpaired) electrons. The number of nitrogens with zero attached hydrogens (tertiary/aromatic N) is 2. The number of ether oxygens (including phenoxy) is 1. The van der Waals surface area contributed by atoms with Crippen LogP contribution in [0.4, 0.5) is 19.4 Å². The normalized spacial score (nSPS) is 20.8. The van der Waals surface area contributed by atoms with Gasteiger partial charge in [0, 0.05) is 31.4 Å². The van der Waals surface area contributed by atoms with Crippen molar-refractivity contribution in [2.45, 2.75) is 63.4 Å². The molecule has 2 aliphatic carbocycles. The molecule has 2 saturated carbocycles. The number of nitrogens with one attached hydrogen (secondary N) is 1. The minimum absolute atomic E-state index is 0.153. The van der Waals surface area contributed by atoms with Crippen molar-refractivity contribution in [2.75, 3.05) is 5.32 Å². The second-order valence-electron chi connectivity index (χ2n) is 6.59. The number of hydrogen-bond acceptors (Lipinski definition) is 3. The Morgan fingerprint density at radius 2 is 2.00 bits per heavy atom. The molecule has 1 aromatic heterocycles. The van der Waals surface area contributed by atoms with Crippen LogP contribution in [0.25, 0.3) is 0 Å². The van der Waals surface area contributed by atoms with Crippen LogP contribution in [0.5, 0.6) is 0 Å². The smallest absolute Gasteiger partial charge is 0.413 e. The summed E-state index contributed by atoms with van der Waals surface area (Å²) in [6.45, 7) is 3.54. The number of rotatable bonds is 4. The van der Waals surface area contributed by atoms with Crippen molar-refractivity contribution in [2.24, 2.45) is 7.05 Å². The molecule has 0 saturated heterocycles. The Labute approximate surface area is 128 Å². The van der Waals surface area contributed by atoms with E-state index in [0.717, 1.165) is 24.1 Å². The minimum atomic E-state index is -2.58. The van der Waals surface area contributed by atoms with E-state index in [1.807, 2.05) is 0 Å². The molecule has 0 atom stereocenters. The Morgan fingerprint density at radius 3 is 2.50 bits per heavy atom. The highest BCUT2D eigenvalue weighted by Crippen LogP contribution is 2.53. The van der Waals surface area contributed by atoms with Gasteiger partial charge in [0.1, 0.15) is 5.82 Å². The van der Waals surface area contributed by atoms with E-state index >= 15 is 0 Å². The van der Waals surface area contributed by atoms with Gasteiger partial charge in [-0.25, -0.2) is 13.6 Å². The third-order valence-corrected chi connectivity index (χ3v) is 4.14. The molecular formula is C15H21F2N3O2. The molecule has 0 aromatic carbocycles. The van der Waals surface area contributed by atoms with E-state index in [1.54, 1.807) is 25.6 Å². The lowest BCUT2D eigenvalue weighted by molar-refractivity contribution is -0.0878. The van der Waals surface area contributed by atoms with Gasteiger partial charge in [-0.2, -0.15) is 5.10 Å². The first-order chi connectivity index (χ1) is 10.3. The van der Waals surface area contributed by atoms with E-state index in [2.05, 4.69) is 10.4 Å². The summed E-state index contributed by atoms with van der Waals surface area (Å²) >= 11 is 0. The molecule has 22 heavy (non-hydrogen) atoms. The fourth-order valence-corrected chi connectivity index (χ4v) is 2.98.